The minimum absolute atomic E-state index is 0.0613. The molecule has 196 valence electrons. The first-order valence-electron chi connectivity index (χ1n) is 12.9. The summed E-state index contributed by atoms with van der Waals surface area (Å²) < 4.78 is 19.4. The number of carbonyl (C=O) groups excluding carboxylic acids is 1. The Kier molecular flexibility index (Phi) is 8.66. The number of pyridine rings is 1. The molecule has 1 N–H and O–H groups in total. The standard InChI is InChI=1S/C26H28FN5O3.C2H6/c1-31(23-9-4-12-32(26(23)34)18-6-2-5-17(27)15-18)25-20-7-3-8-21(20)29-24(30-25)22-16-19(10-11-28-22)35-14-13-33;1-2/h2,5-6,10-11,15-16,23,33H,3-4,7-9,12-14H2,1H3;1-2H3. The van der Waals surface area contributed by atoms with Crippen molar-refractivity contribution >= 4 is 17.4 Å². The van der Waals surface area contributed by atoms with Gasteiger partial charge in [-0.2, -0.15) is 0 Å². The Balaban J connectivity index is 0.00000156. The highest BCUT2D eigenvalue weighted by Crippen LogP contribution is 2.34. The molecule has 1 fully saturated rings. The van der Waals surface area contributed by atoms with E-state index in [-0.39, 0.29) is 24.9 Å². The van der Waals surface area contributed by atoms with E-state index in [1.54, 1.807) is 35.4 Å². The highest BCUT2D eigenvalue weighted by atomic mass is 19.1. The van der Waals surface area contributed by atoms with Gasteiger partial charge < -0.3 is 19.6 Å². The van der Waals surface area contributed by atoms with Crippen LogP contribution in [0.5, 0.6) is 5.75 Å². The Bertz CT molecular complexity index is 1240. The second-order valence-corrected chi connectivity index (χ2v) is 8.84. The van der Waals surface area contributed by atoms with Crippen molar-refractivity contribution < 1.29 is 19.0 Å². The maximum absolute atomic E-state index is 13.8. The number of carbonyl (C=O) groups is 1. The highest BCUT2D eigenvalue weighted by molar-refractivity contribution is 5.99. The molecule has 1 aromatic carbocycles. The van der Waals surface area contributed by atoms with E-state index < -0.39 is 6.04 Å². The lowest BCUT2D eigenvalue weighted by molar-refractivity contribution is -0.120. The molecule has 1 aliphatic heterocycles. The lowest BCUT2D eigenvalue weighted by Gasteiger charge is -2.38. The maximum Gasteiger partial charge on any atom is 0.249 e. The largest absolute Gasteiger partial charge is 0.491 e. The number of nitrogens with zero attached hydrogens (tertiary/aromatic N) is 5. The molecule has 1 amide bonds. The zero-order valence-corrected chi connectivity index (χ0v) is 21.7. The Morgan fingerprint density at radius 3 is 2.78 bits per heavy atom. The molecule has 1 aliphatic carbocycles. The number of fused-ring (bicyclic) bond motifs is 1. The maximum atomic E-state index is 13.8. The van der Waals surface area contributed by atoms with Gasteiger partial charge in [0.2, 0.25) is 5.91 Å². The van der Waals surface area contributed by atoms with Crippen LogP contribution in [-0.2, 0) is 17.6 Å². The fourth-order valence-corrected chi connectivity index (χ4v) is 4.87. The van der Waals surface area contributed by atoms with Crippen LogP contribution in [0.15, 0.2) is 42.6 Å². The van der Waals surface area contributed by atoms with E-state index in [0.717, 1.165) is 42.8 Å². The van der Waals surface area contributed by atoms with E-state index in [1.807, 2.05) is 25.8 Å². The smallest absolute Gasteiger partial charge is 0.249 e. The van der Waals surface area contributed by atoms with Crippen molar-refractivity contribution in [3.63, 3.8) is 0 Å². The summed E-state index contributed by atoms with van der Waals surface area (Å²) >= 11 is 0. The lowest BCUT2D eigenvalue weighted by atomic mass is 10.0. The van der Waals surface area contributed by atoms with Crippen LogP contribution in [0.2, 0.25) is 0 Å². The van der Waals surface area contributed by atoms with Crippen LogP contribution < -0.4 is 14.5 Å². The van der Waals surface area contributed by atoms with E-state index in [2.05, 4.69) is 4.98 Å². The number of aryl methyl sites for hydroxylation is 1. The summed E-state index contributed by atoms with van der Waals surface area (Å²) in [7, 11) is 1.90. The van der Waals surface area contributed by atoms with E-state index in [1.165, 1.54) is 12.1 Å². The van der Waals surface area contributed by atoms with Gasteiger partial charge in [-0.25, -0.2) is 14.4 Å². The molecule has 0 bridgehead atoms. The summed E-state index contributed by atoms with van der Waals surface area (Å²) in [4.78, 5) is 31.2. The van der Waals surface area contributed by atoms with Crippen LogP contribution >= 0.6 is 0 Å². The lowest BCUT2D eigenvalue weighted by Crippen LogP contribution is -2.52. The van der Waals surface area contributed by atoms with Crippen molar-refractivity contribution in [2.75, 3.05) is 36.6 Å². The Morgan fingerprint density at radius 2 is 2.00 bits per heavy atom. The van der Waals surface area contributed by atoms with E-state index in [9.17, 15) is 9.18 Å². The van der Waals surface area contributed by atoms with Gasteiger partial charge in [-0.1, -0.05) is 19.9 Å². The molecule has 37 heavy (non-hydrogen) atoms. The molecule has 5 rings (SSSR count). The van der Waals surface area contributed by atoms with Gasteiger partial charge in [0.05, 0.1) is 6.61 Å². The molecule has 1 unspecified atom stereocenters. The average Bonchev–Trinajstić information content (AvgIpc) is 3.41. The Morgan fingerprint density at radius 1 is 1.16 bits per heavy atom. The third-order valence-electron chi connectivity index (χ3n) is 6.56. The van der Waals surface area contributed by atoms with E-state index >= 15 is 0 Å². The molecule has 9 heteroatoms. The van der Waals surface area contributed by atoms with Crippen molar-refractivity contribution in [2.45, 2.75) is 52.0 Å². The van der Waals surface area contributed by atoms with Gasteiger partial charge in [-0.15, -0.1) is 0 Å². The second kappa shape index (κ2) is 12.1. The van der Waals surface area contributed by atoms with Crippen LogP contribution in [0, 0.1) is 5.82 Å². The summed E-state index contributed by atoms with van der Waals surface area (Å²) in [5.74, 6) is 1.38. The van der Waals surface area contributed by atoms with Gasteiger partial charge in [0.25, 0.3) is 0 Å². The number of aliphatic hydroxyl groups excluding tert-OH is 1. The fourth-order valence-electron chi connectivity index (χ4n) is 4.87. The third-order valence-corrected chi connectivity index (χ3v) is 6.56. The number of amides is 1. The zero-order chi connectivity index (χ0) is 26.4. The molecule has 0 spiro atoms. The number of halogens is 1. The molecular weight excluding hydrogens is 473 g/mol. The summed E-state index contributed by atoms with van der Waals surface area (Å²) in [6.45, 7) is 4.67. The van der Waals surface area contributed by atoms with Crippen molar-refractivity contribution in [1.82, 2.24) is 15.0 Å². The topological polar surface area (TPSA) is 91.7 Å². The summed E-state index contributed by atoms with van der Waals surface area (Å²) in [6.07, 6.45) is 5.82. The molecular formula is C28H34FN5O3. The van der Waals surface area contributed by atoms with Crippen LogP contribution in [0.25, 0.3) is 11.5 Å². The fraction of sp³-hybridized carbons (Fsp3) is 0.429. The van der Waals surface area contributed by atoms with Crippen molar-refractivity contribution in [1.29, 1.82) is 0 Å². The van der Waals surface area contributed by atoms with Gasteiger partial charge in [0, 0.05) is 42.8 Å². The number of piperidine rings is 1. The molecule has 2 aromatic heterocycles. The number of ether oxygens (including phenoxy) is 1. The predicted octanol–water partition coefficient (Wildman–Crippen LogP) is 4.20. The number of hydrogen-bond donors (Lipinski definition) is 1. The molecule has 3 heterocycles. The predicted molar refractivity (Wildman–Crippen MR) is 141 cm³/mol. The first-order chi connectivity index (χ1) is 18.0. The van der Waals surface area contributed by atoms with Gasteiger partial charge >= 0.3 is 0 Å². The van der Waals surface area contributed by atoms with Gasteiger partial charge in [0.1, 0.15) is 35.7 Å². The second-order valence-electron chi connectivity index (χ2n) is 8.84. The summed E-state index contributed by atoms with van der Waals surface area (Å²) in [5, 5.41) is 9.05. The average molecular weight is 508 g/mol. The van der Waals surface area contributed by atoms with Crippen molar-refractivity contribution in [3.05, 3.63) is 59.7 Å². The van der Waals surface area contributed by atoms with E-state index in [0.29, 0.717) is 35.9 Å². The number of anilines is 2. The monoisotopic (exact) mass is 507 g/mol. The SMILES string of the molecule is CC.CN(c1nc(-c2cc(OCCO)ccn2)nc2c1CCC2)C1CCCN(c2cccc(F)c2)C1=O. The van der Waals surface area contributed by atoms with Gasteiger partial charge in [-0.3, -0.25) is 9.78 Å². The van der Waals surface area contributed by atoms with Crippen LogP contribution in [-0.4, -0.2) is 58.8 Å². The van der Waals surface area contributed by atoms with Crippen molar-refractivity contribution in [3.8, 4) is 17.3 Å². The van der Waals surface area contributed by atoms with Crippen LogP contribution in [0.4, 0.5) is 15.9 Å². The third kappa shape index (κ3) is 5.72. The number of benzene rings is 1. The first-order valence-corrected chi connectivity index (χ1v) is 12.9. The number of hydrogen-bond acceptors (Lipinski definition) is 7. The number of likely N-dealkylation sites (N-methyl/N-ethyl adjacent to an activating group) is 1. The molecule has 0 radical (unpaired) electrons. The number of aliphatic hydroxyl groups is 1. The van der Waals surface area contributed by atoms with Gasteiger partial charge in [-0.05, 0) is 56.4 Å². The van der Waals surface area contributed by atoms with Crippen LogP contribution in [0.1, 0.15) is 44.4 Å². The molecule has 1 atom stereocenters. The van der Waals surface area contributed by atoms with E-state index in [4.69, 9.17) is 19.8 Å². The number of aromatic nitrogens is 3. The highest BCUT2D eigenvalue weighted by Gasteiger charge is 2.35. The van der Waals surface area contributed by atoms with Gasteiger partial charge in [0.15, 0.2) is 5.82 Å². The molecule has 2 aliphatic rings. The quantitative estimate of drug-likeness (QED) is 0.513. The molecule has 0 saturated carbocycles. The summed E-state index contributed by atoms with van der Waals surface area (Å²) in [6, 6.07) is 9.24. The first kappa shape index (κ1) is 26.5. The van der Waals surface area contributed by atoms with Crippen molar-refractivity contribution in [2.24, 2.45) is 0 Å². The minimum Gasteiger partial charge on any atom is -0.491 e. The normalized spacial score (nSPS) is 16.6. The molecule has 8 nitrogen and oxygen atoms in total. The van der Waals surface area contributed by atoms with Crippen LogP contribution in [0.3, 0.4) is 0 Å². The Hall–Kier alpha value is -3.59. The summed E-state index contributed by atoms with van der Waals surface area (Å²) in [5.41, 5.74) is 3.19. The molecule has 1 saturated heterocycles. The minimum atomic E-state index is -0.411. The number of rotatable bonds is 7. The zero-order valence-electron chi connectivity index (χ0n) is 21.7. The molecule has 3 aromatic rings. The Labute approximate surface area is 217 Å².